The molecule has 4 heterocycles. The van der Waals surface area contributed by atoms with Gasteiger partial charge in [0, 0.05) is 23.6 Å². The van der Waals surface area contributed by atoms with Gasteiger partial charge in [-0.05, 0) is 49.9 Å². The summed E-state index contributed by atoms with van der Waals surface area (Å²) in [5, 5.41) is 0.0677. The lowest BCUT2D eigenvalue weighted by Crippen LogP contribution is -2.57. The Morgan fingerprint density at radius 3 is 2.76 bits per heavy atom. The maximum atomic E-state index is 15.2. The van der Waals surface area contributed by atoms with E-state index in [-0.39, 0.29) is 11.4 Å². The third-order valence-corrected chi connectivity index (χ3v) is 10.8. The van der Waals surface area contributed by atoms with Crippen molar-refractivity contribution < 1.29 is 17.5 Å². The first-order valence-corrected chi connectivity index (χ1v) is 12.9. The number of rotatable bonds is 5. The first-order chi connectivity index (χ1) is 16.2. The van der Waals surface area contributed by atoms with Gasteiger partial charge in [0.1, 0.15) is 27.7 Å². The number of amidine groups is 1. The van der Waals surface area contributed by atoms with Crippen LogP contribution < -0.4 is 10.5 Å². The van der Waals surface area contributed by atoms with Gasteiger partial charge in [-0.1, -0.05) is 19.1 Å². The van der Waals surface area contributed by atoms with Gasteiger partial charge in [-0.15, -0.1) is 0 Å². The topological polar surface area (TPSA) is 108 Å². The highest BCUT2D eigenvalue weighted by Crippen LogP contribution is 2.52. The maximum absolute atomic E-state index is 15.2. The quantitative estimate of drug-likeness (QED) is 0.594. The molecular weight excluding hydrogens is 455 g/mol. The summed E-state index contributed by atoms with van der Waals surface area (Å²) < 4.78 is 46.3. The Morgan fingerprint density at radius 1 is 1.24 bits per heavy atom. The predicted octanol–water partition coefficient (Wildman–Crippen LogP) is 3.68. The molecule has 0 unspecified atom stereocenters. The van der Waals surface area contributed by atoms with Gasteiger partial charge in [0.05, 0.1) is 29.8 Å². The number of halogens is 1. The number of pyridine rings is 2. The zero-order valence-corrected chi connectivity index (χ0v) is 20.2. The van der Waals surface area contributed by atoms with Crippen LogP contribution in [-0.4, -0.2) is 41.3 Å². The fourth-order valence-electron chi connectivity index (χ4n) is 5.61. The Bertz CT molecular complexity index is 1440. The van der Waals surface area contributed by atoms with E-state index < -0.39 is 31.2 Å². The summed E-state index contributed by atoms with van der Waals surface area (Å²) in [4.78, 5) is 13.6. The van der Waals surface area contributed by atoms with E-state index in [4.69, 9.17) is 10.5 Å². The minimum Gasteiger partial charge on any atom is -0.495 e. The molecule has 5 rings (SSSR count). The molecule has 1 fully saturated rings. The van der Waals surface area contributed by atoms with Crippen molar-refractivity contribution in [2.75, 3.05) is 7.11 Å². The lowest BCUT2D eigenvalue weighted by Gasteiger charge is -2.40. The zero-order chi connectivity index (χ0) is 24.3. The van der Waals surface area contributed by atoms with Gasteiger partial charge in [0.25, 0.3) is 0 Å². The third-order valence-electron chi connectivity index (χ3n) is 7.58. The summed E-state index contributed by atoms with van der Waals surface area (Å²) in [6, 6.07) is 8.49. The number of hydrogen-bond acceptors (Lipinski definition) is 7. The molecule has 1 saturated heterocycles. The fraction of sp³-hybridized carbons (Fsp3) is 0.400. The van der Waals surface area contributed by atoms with Gasteiger partial charge >= 0.3 is 0 Å². The highest BCUT2D eigenvalue weighted by molar-refractivity contribution is 7.94. The highest BCUT2D eigenvalue weighted by atomic mass is 32.2. The van der Waals surface area contributed by atoms with Crippen molar-refractivity contribution in [3.05, 3.63) is 65.4 Å². The molecule has 34 heavy (non-hydrogen) atoms. The van der Waals surface area contributed by atoms with Crippen LogP contribution in [0.4, 0.5) is 4.39 Å². The number of hydrogen-bond donors (Lipinski definition) is 1. The largest absolute Gasteiger partial charge is 0.495 e. The molecule has 2 aromatic heterocycles. The summed E-state index contributed by atoms with van der Waals surface area (Å²) >= 11 is 0. The SMILES string of the molecule is CC[C@@]12CC[C@@H]([C@@](C)(c3cc(Cc4nccc5cc(OC)cnc45)ccc3F)N=C1N)S2(=O)=O. The normalized spacial score (nSPS) is 27.5. The maximum Gasteiger partial charge on any atom is 0.168 e. The summed E-state index contributed by atoms with van der Waals surface area (Å²) in [6.45, 7) is 3.49. The number of aromatic nitrogens is 2. The van der Waals surface area contributed by atoms with Gasteiger partial charge < -0.3 is 10.5 Å². The molecule has 3 aromatic rings. The zero-order valence-electron chi connectivity index (χ0n) is 19.4. The molecule has 2 aliphatic heterocycles. The van der Waals surface area contributed by atoms with Crippen molar-refractivity contribution in [2.24, 2.45) is 10.7 Å². The molecule has 7 nitrogen and oxygen atoms in total. The molecule has 2 bridgehead atoms. The molecule has 178 valence electrons. The lowest BCUT2D eigenvalue weighted by molar-refractivity contribution is 0.413. The van der Waals surface area contributed by atoms with Crippen molar-refractivity contribution in [3.8, 4) is 5.75 Å². The Morgan fingerprint density at radius 2 is 2.03 bits per heavy atom. The van der Waals surface area contributed by atoms with E-state index in [1.54, 1.807) is 38.6 Å². The van der Waals surface area contributed by atoms with E-state index in [0.717, 1.165) is 22.2 Å². The average molecular weight is 483 g/mol. The van der Waals surface area contributed by atoms with E-state index in [9.17, 15) is 8.42 Å². The number of nitrogens with two attached hydrogens (primary N) is 1. The number of sulfone groups is 1. The van der Waals surface area contributed by atoms with Crippen LogP contribution in [0.5, 0.6) is 5.75 Å². The molecule has 0 amide bonds. The summed E-state index contributed by atoms with van der Waals surface area (Å²) in [7, 11) is -2.04. The standard InChI is InChI=1S/C25H27FN4O3S/c1-4-25-9-7-21(34(25,31)32)24(2,30-23(25)27)18-11-15(5-6-19(18)26)12-20-22-16(8-10-28-20)13-17(33-3)14-29-22/h5-6,8,10-11,13-14,21H,4,7,9,12H2,1-3H3,(H2,27,30)/t21-,24+,25+/m0/s1. The first kappa shape index (κ1) is 22.7. The van der Waals surface area contributed by atoms with Crippen molar-refractivity contribution in [3.63, 3.8) is 0 Å². The second-order valence-electron chi connectivity index (χ2n) is 9.26. The van der Waals surface area contributed by atoms with Crippen LogP contribution in [0.25, 0.3) is 10.9 Å². The molecule has 1 aromatic carbocycles. The fourth-order valence-corrected chi connectivity index (χ4v) is 8.51. The van der Waals surface area contributed by atoms with Gasteiger partial charge in [-0.25, -0.2) is 12.8 Å². The monoisotopic (exact) mass is 482 g/mol. The van der Waals surface area contributed by atoms with Crippen molar-refractivity contribution >= 4 is 26.6 Å². The van der Waals surface area contributed by atoms with E-state index in [1.807, 2.05) is 19.1 Å². The van der Waals surface area contributed by atoms with Crippen molar-refractivity contribution in [1.29, 1.82) is 0 Å². The van der Waals surface area contributed by atoms with E-state index in [0.29, 0.717) is 31.4 Å². The number of ether oxygens (including phenoxy) is 1. The first-order valence-electron chi connectivity index (χ1n) is 11.3. The molecule has 0 aliphatic carbocycles. The Labute approximate surface area is 198 Å². The average Bonchev–Trinajstić information content (AvgIpc) is 3.03. The summed E-state index contributed by atoms with van der Waals surface area (Å²) in [6.07, 6.45) is 4.91. The van der Waals surface area contributed by atoms with Gasteiger partial charge in [-0.3, -0.25) is 15.0 Å². The molecule has 2 N–H and O–H groups in total. The molecule has 2 aliphatic rings. The second-order valence-corrected chi connectivity index (χ2v) is 11.7. The van der Waals surface area contributed by atoms with Gasteiger partial charge in [0.2, 0.25) is 0 Å². The minimum absolute atomic E-state index is 0.0879. The number of aliphatic imine (C=N–C) groups is 1. The van der Waals surface area contributed by atoms with Crippen LogP contribution in [0, 0.1) is 5.82 Å². The van der Waals surface area contributed by atoms with Crippen LogP contribution in [-0.2, 0) is 21.8 Å². The van der Waals surface area contributed by atoms with Gasteiger partial charge in [-0.2, -0.15) is 0 Å². The van der Waals surface area contributed by atoms with Crippen LogP contribution in [0.1, 0.15) is 49.9 Å². The molecule has 0 spiro atoms. The summed E-state index contributed by atoms with van der Waals surface area (Å²) in [5.41, 5.74) is 7.45. The third kappa shape index (κ3) is 3.06. The molecule has 0 saturated carbocycles. The highest BCUT2D eigenvalue weighted by Gasteiger charge is 2.64. The van der Waals surface area contributed by atoms with Crippen LogP contribution in [0.3, 0.4) is 0 Å². The Balaban J connectivity index is 1.59. The molecule has 0 radical (unpaired) electrons. The van der Waals surface area contributed by atoms with E-state index in [1.165, 1.54) is 6.07 Å². The number of methoxy groups -OCH3 is 1. The molecule has 3 atom stereocenters. The van der Waals surface area contributed by atoms with E-state index >= 15 is 4.39 Å². The minimum atomic E-state index is -3.63. The van der Waals surface area contributed by atoms with Gasteiger partial charge in [0.15, 0.2) is 9.84 Å². The van der Waals surface area contributed by atoms with Crippen molar-refractivity contribution in [1.82, 2.24) is 9.97 Å². The molecule has 9 heteroatoms. The van der Waals surface area contributed by atoms with Crippen LogP contribution in [0.15, 0.2) is 47.7 Å². The van der Waals surface area contributed by atoms with Crippen LogP contribution >= 0.6 is 0 Å². The Kier molecular flexibility index (Phi) is 5.16. The molecular formula is C25H27FN4O3S. The smallest absolute Gasteiger partial charge is 0.168 e. The second kappa shape index (κ2) is 7.73. The Hall–Kier alpha value is -3.07. The van der Waals surface area contributed by atoms with Crippen molar-refractivity contribution in [2.45, 2.75) is 55.1 Å². The van der Waals surface area contributed by atoms with Crippen LogP contribution in [0.2, 0.25) is 0 Å². The predicted molar refractivity (Wildman–Crippen MR) is 129 cm³/mol. The van der Waals surface area contributed by atoms with E-state index in [2.05, 4.69) is 15.0 Å². The number of fused-ring (bicyclic) bond motifs is 3. The lowest BCUT2D eigenvalue weighted by atomic mass is 9.85. The summed E-state index contributed by atoms with van der Waals surface area (Å²) in [5.74, 6) is 0.239. The number of nitrogens with zero attached hydrogens (tertiary/aromatic N) is 3. The number of benzene rings is 1.